The van der Waals surface area contributed by atoms with Crippen LogP contribution in [0.2, 0.25) is 0 Å². The van der Waals surface area contributed by atoms with Crippen molar-refractivity contribution in [1.29, 1.82) is 0 Å². The Morgan fingerprint density at radius 3 is 2.57 bits per heavy atom. The molecule has 0 amide bonds. The fourth-order valence-electron chi connectivity index (χ4n) is 1.01. The Hall–Kier alpha value is -1.12. The van der Waals surface area contributed by atoms with Crippen molar-refractivity contribution in [3.63, 3.8) is 0 Å². The zero-order chi connectivity index (χ0) is 11.0. The van der Waals surface area contributed by atoms with Crippen LogP contribution in [0, 0.1) is 6.92 Å². The van der Waals surface area contributed by atoms with E-state index in [9.17, 15) is 0 Å². The first-order valence-corrected chi connectivity index (χ1v) is 5.24. The predicted molar refractivity (Wildman–Crippen MR) is 60.0 cm³/mol. The van der Waals surface area contributed by atoms with Gasteiger partial charge in [0.25, 0.3) is 0 Å². The largest absolute Gasteiger partial charge is 0.320 e. The maximum atomic E-state index is 4.32. The van der Waals surface area contributed by atoms with E-state index in [1.54, 1.807) is 0 Å². The average Bonchev–Trinajstić information content (AvgIpc) is 2.20. The molecule has 1 heterocycles. The second kappa shape index (κ2) is 7.30. The van der Waals surface area contributed by atoms with Crippen LogP contribution in [-0.2, 0) is 7.05 Å². The summed E-state index contributed by atoms with van der Waals surface area (Å²) in [5, 5.41) is 0. The number of aryl methyl sites for hydroxylation is 2. The van der Waals surface area contributed by atoms with Crippen LogP contribution in [0.25, 0.3) is 0 Å². The molecule has 0 aliphatic heterocycles. The smallest absolute Gasteiger partial charge is 0.224 e. The van der Waals surface area contributed by atoms with Gasteiger partial charge in [-0.25, -0.2) is 4.98 Å². The topological polar surface area (TPSA) is 30.2 Å². The molecule has 0 aromatic carbocycles. The molecule has 0 aliphatic rings. The third-order valence-electron chi connectivity index (χ3n) is 1.57. The molecule has 0 radical (unpaired) electrons. The summed E-state index contributed by atoms with van der Waals surface area (Å²) in [7, 11) is 1.97. The first-order chi connectivity index (χ1) is 6.74. The van der Waals surface area contributed by atoms with E-state index >= 15 is 0 Å². The van der Waals surface area contributed by atoms with Gasteiger partial charge < -0.3 is 4.57 Å². The highest BCUT2D eigenvalue weighted by molar-refractivity contribution is 4.98. The normalized spacial score (nSPS) is 10.8. The SMILES string of the molecule is CC.CCCN=c1ncc(C)cn1C. The van der Waals surface area contributed by atoms with Gasteiger partial charge in [0.05, 0.1) is 0 Å². The molecule has 0 aliphatic carbocycles. The van der Waals surface area contributed by atoms with Crippen molar-refractivity contribution in [2.75, 3.05) is 6.54 Å². The summed E-state index contributed by atoms with van der Waals surface area (Å²) in [5.74, 6) is 0. The minimum atomic E-state index is 0.808. The highest BCUT2D eigenvalue weighted by Crippen LogP contribution is 1.86. The Balaban J connectivity index is 0.000000791. The first-order valence-electron chi connectivity index (χ1n) is 5.24. The standard InChI is InChI=1S/C9H15N3.C2H6/c1-4-5-10-9-11-6-8(2)7-12(9)3;1-2/h6-7H,4-5H2,1-3H3;1-2H3. The van der Waals surface area contributed by atoms with Gasteiger partial charge in [-0.1, -0.05) is 20.8 Å². The van der Waals surface area contributed by atoms with Crippen LogP contribution in [-0.4, -0.2) is 16.1 Å². The van der Waals surface area contributed by atoms with Gasteiger partial charge in [0, 0.05) is 26.0 Å². The molecule has 0 unspecified atom stereocenters. The summed E-state index contributed by atoms with van der Waals surface area (Å²) in [6, 6.07) is 0. The molecule has 0 fully saturated rings. The van der Waals surface area contributed by atoms with E-state index in [0.29, 0.717) is 0 Å². The van der Waals surface area contributed by atoms with E-state index in [1.807, 2.05) is 44.8 Å². The van der Waals surface area contributed by atoms with E-state index in [1.165, 1.54) is 0 Å². The Kier molecular flexibility index (Phi) is 6.72. The van der Waals surface area contributed by atoms with Gasteiger partial charge >= 0.3 is 0 Å². The highest BCUT2D eigenvalue weighted by Gasteiger charge is 1.88. The lowest BCUT2D eigenvalue weighted by atomic mass is 10.4. The van der Waals surface area contributed by atoms with Crippen LogP contribution in [0.4, 0.5) is 0 Å². The van der Waals surface area contributed by atoms with Crippen molar-refractivity contribution in [1.82, 2.24) is 9.55 Å². The minimum absolute atomic E-state index is 0.808. The molecule has 0 spiro atoms. The molecule has 1 aromatic rings. The van der Waals surface area contributed by atoms with Crippen LogP contribution in [0.1, 0.15) is 32.8 Å². The zero-order valence-electron chi connectivity index (χ0n) is 9.91. The molecule has 80 valence electrons. The predicted octanol–water partition coefficient (Wildman–Crippen LogP) is 2.07. The molecule has 0 bridgehead atoms. The van der Waals surface area contributed by atoms with E-state index in [0.717, 1.165) is 24.1 Å². The second-order valence-corrected chi connectivity index (χ2v) is 2.92. The van der Waals surface area contributed by atoms with E-state index in [2.05, 4.69) is 16.9 Å². The molecular formula is C11H21N3. The minimum Gasteiger partial charge on any atom is -0.320 e. The van der Waals surface area contributed by atoms with E-state index < -0.39 is 0 Å². The van der Waals surface area contributed by atoms with Gasteiger partial charge in [-0.2, -0.15) is 0 Å². The molecule has 3 nitrogen and oxygen atoms in total. The summed E-state index contributed by atoms with van der Waals surface area (Å²) >= 11 is 0. The molecule has 0 saturated carbocycles. The summed E-state index contributed by atoms with van der Waals surface area (Å²) in [6.07, 6.45) is 4.94. The lowest BCUT2D eigenvalue weighted by Gasteiger charge is -1.99. The number of aromatic nitrogens is 2. The number of rotatable bonds is 2. The van der Waals surface area contributed by atoms with Crippen molar-refractivity contribution in [3.8, 4) is 0 Å². The molecule has 1 aromatic heterocycles. The van der Waals surface area contributed by atoms with E-state index in [-0.39, 0.29) is 0 Å². The lowest BCUT2D eigenvalue weighted by Crippen LogP contribution is -2.21. The summed E-state index contributed by atoms with van der Waals surface area (Å²) in [4.78, 5) is 8.53. The van der Waals surface area contributed by atoms with Gasteiger partial charge in [-0.05, 0) is 18.9 Å². The first kappa shape index (κ1) is 12.9. The molecular weight excluding hydrogens is 174 g/mol. The van der Waals surface area contributed by atoms with Gasteiger partial charge in [0.2, 0.25) is 5.62 Å². The zero-order valence-corrected chi connectivity index (χ0v) is 9.91. The fourth-order valence-corrected chi connectivity index (χ4v) is 1.01. The average molecular weight is 195 g/mol. The van der Waals surface area contributed by atoms with Crippen molar-refractivity contribution in [3.05, 3.63) is 23.6 Å². The Bertz CT molecular complexity index is 313. The van der Waals surface area contributed by atoms with Crippen molar-refractivity contribution in [2.45, 2.75) is 34.1 Å². The van der Waals surface area contributed by atoms with Crippen molar-refractivity contribution in [2.24, 2.45) is 12.0 Å². The van der Waals surface area contributed by atoms with Gasteiger partial charge in [-0.15, -0.1) is 0 Å². The Morgan fingerprint density at radius 2 is 2.07 bits per heavy atom. The van der Waals surface area contributed by atoms with Gasteiger partial charge in [0.15, 0.2) is 0 Å². The second-order valence-electron chi connectivity index (χ2n) is 2.92. The van der Waals surface area contributed by atoms with Gasteiger partial charge in [-0.3, -0.25) is 4.99 Å². The maximum absolute atomic E-state index is 4.32. The molecule has 14 heavy (non-hydrogen) atoms. The van der Waals surface area contributed by atoms with Crippen LogP contribution in [0.15, 0.2) is 17.4 Å². The summed E-state index contributed by atoms with van der Waals surface area (Å²) in [6.45, 7) is 8.98. The van der Waals surface area contributed by atoms with Crippen LogP contribution in [0.5, 0.6) is 0 Å². The quantitative estimate of drug-likeness (QED) is 0.710. The maximum Gasteiger partial charge on any atom is 0.224 e. The Labute approximate surface area is 86.5 Å². The van der Waals surface area contributed by atoms with Crippen molar-refractivity contribution < 1.29 is 0 Å². The Morgan fingerprint density at radius 1 is 1.43 bits per heavy atom. The van der Waals surface area contributed by atoms with Crippen molar-refractivity contribution >= 4 is 0 Å². The molecule has 0 N–H and O–H groups in total. The van der Waals surface area contributed by atoms with Crippen LogP contribution >= 0.6 is 0 Å². The fraction of sp³-hybridized carbons (Fsp3) is 0.636. The van der Waals surface area contributed by atoms with Crippen LogP contribution < -0.4 is 5.62 Å². The number of nitrogens with zero attached hydrogens (tertiary/aromatic N) is 3. The van der Waals surface area contributed by atoms with Gasteiger partial charge in [0.1, 0.15) is 0 Å². The summed E-state index contributed by atoms with van der Waals surface area (Å²) < 4.78 is 1.95. The third-order valence-corrected chi connectivity index (χ3v) is 1.57. The molecule has 0 saturated heterocycles. The molecule has 3 heteroatoms. The highest BCUT2D eigenvalue weighted by atomic mass is 15.1. The van der Waals surface area contributed by atoms with E-state index in [4.69, 9.17) is 0 Å². The monoisotopic (exact) mass is 195 g/mol. The van der Waals surface area contributed by atoms with Crippen LogP contribution in [0.3, 0.4) is 0 Å². The number of hydrogen-bond acceptors (Lipinski definition) is 2. The number of hydrogen-bond donors (Lipinski definition) is 0. The molecule has 0 atom stereocenters. The lowest BCUT2D eigenvalue weighted by molar-refractivity contribution is 0.737. The molecule has 1 rings (SSSR count). The summed E-state index contributed by atoms with van der Waals surface area (Å²) in [5.41, 5.74) is 1.97. The third kappa shape index (κ3) is 4.21.